The van der Waals surface area contributed by atoms with Crippen LogP contribution < -0.4 is 5.73 Å². The summed E-state index contributed by atoms with van der Waals surface area (Å²) >= 11 is 0. The van der Waals surface area contributed by atoms with Crippen LogP contribution in [0.15, 0.2) is 12.1 Å². The maximum atomic E-state index is 13.7. The summed E-state index contributed by atoms with van der Waals surface area (Å²) in [4.78, 5) is 0. The van der Waals surface area contributed by atoms with Gasteiger partial charge in [0.2, 0.25) is 0 Å². The second-order valence-corrected chi connectivity index (χ2v) is 5.02. The molecule has 1 aliphatic rings. The molecule has 0 amide bonds. The fourth-order valence-electron chi connectivity index (χ4n) is 2.31. The standard InChI is InChI=1S/C12H14F3N/c1-11(2,16)12(5-6-12)9-7(13)3-4-8(14)10(9)15/h3-4H,5-6,16H2,1-2H3. The third-order valence-corrected chi connectivity index (χ3v) is 3.51. The first-order chi connectivity index (χ1) is 7.29. The van der Waals surface area contributed by atoms with Gasteiger partial charge >= 0.3 is 0 Å². The number of hydrogen-bond donors (Lipinski definition) is 1. The summed E-state index contributed by atoms with van der Waals surface area (Å²) in [6.45, 7) is 3.42. The summed E-state index contributed by atoms with van der Waals surface area (Å²) in [7, 11) is 0. The lowest BCUT2D eigenvalue weighted by Gasteiger charge is -2.31. The van der Waals surface area contributed by atoms with Crippen LogP contribution in [0.1, 0.15) is 32.3 Å². The van der Waals surface area contributed by atoms with E-state index in [9.17, 15) is 13.2 Å². The van der Waals surface area contributed by atoms with Crippen molar-refractivity contribution < 1.29 is 13.2 Å². The van der Waals surface area contributed by atoms with E-state index >= 15 is 0 Å². The molecular formula is C12H14F3N. The normalized spacial score (nSPS) is 18.6. The molecule has 0 atom stereocenters. The Kier molecular flexibility index (Phi) is 2.31. The van der Waals surface area contributed by atoms with Crippen LogP contribution >= 0.6 is 0 Å². The largest absolute Gasteiger partial charge is 0.325 e. The highest BCUT2D eigenvalue weighted by Crippen LogP contribution is 2.56. The molecule has 0 heterocycles. The molecule has 1 nitrogen and oxygen atoms in total. The van der Waals surface area contributed by atoms with Crippen LogP contribution in [0.5, 0.6) is 0 Å². The van der Waals surface area contributed by atoms with Gasteiger partial charge < -0.3 is 5.73 Å². The van der Waals surface area contributed by atoms with Gasteiger partial charge in [0, 0.05) is 16.5 Å². The lowest BCUT2D eigenvalue weighted by molar-refractivity contribution is 0.356. The van der Waals surface area contributed by atoms with Gasteiger partial charge in [-0.15, -0.1) is 0 Å². The molecule has 1 aromatic carbocycles. The first-order valence-corrected chi connectivity index (χ1v) is 5.22. The second-order valence-electron chi connectivity index (χ2n) is 5.02. The quantitative estimate of drug-likeness (QED) is 0.775. The summed E-state index contributed by atoms with van der Waals surface area (Å²) in [6.07, 6.45) is 1.18. The van der Waals surface area contributed by atoms with Crippen LogP contribution in [0.4, 0.5) is 13.2 Å². The van der Waals surface area contributed by atoms with Crippen molar-refractivity contribution in [3.8, 4) is 0 Å². The molecule has 1 aliphatic carbocycles. The van der Waals surface area contributed by atoms with Crippen molar-refractivity contribution in [2.75, 3.05) is 0 Å². The van der Waals surface area contributed by atoms with E-state index in [-0.39, 0.29) is 5.56 Å². The van der Waals surface area contributed by atoms with Gasteiger partial charge in [0.15, 0.2) is 11.6 Å². The Bertz CT molecular complexity index is 431. The van der Waals surface area contributed by atoms with E-state index in [1.54, 1.807) is 13.8 Å². The molecule has 4 heteroatoms. The van der Waals surface area contributed by atoms with Crippen molar-refractivity contribution >= 4 is 0 Å². The molecule has 0 spiro atoms. The molecule has 1 saturated carbocycles. The van der Waals surface area contributed by atoms with Gasteiger partial charge in [-0.3, -0.25) is 0 Å². The second kappa shape index (κ2) is 3.23. The van der Waals surface area contributed by atoms with Crippen LogP contribution in [0.2, 0.25) is 0 Å². The summed E-state index contributed by atoms with van der Waals surface area (Å²) in [5.41, 5.74) is 4.22. The molecule has 16 heavy (non-hydrogen) atoms. The van der Waals surface area contributed by atoms with Crippen molar-refractivity contribution in [2.45, 2.75) is 37.6 Å². The van der Waals surface area contributed by atoms with E-state index in [0.29, 0.717) is 12.8 Å². The summed E-state index contributed by atoms with van der Waals surface area (Å²) in [5.74, 6) is -2.84. The molecule has 0 saturated heterocycles. The minimum Gasteiger partial charge on any atom is -0.325 e. The Labute approximate surface area is 92.5 Å². The molecular weight excluding hydrogens is 215 g/mol. The van der Waals surface area contributed by atoms with Gasteiger partial charge in [0.1, 0.15) is 5.82 Å². The average molecular weight is 229 g/mol. The molecule has 88 valence electrons. The average Bonchev–Trinajstić information content (AvgIpc) is 2.92. The van der Waals surface area contributed by atoms with Crippen LogP contribution in [-0.2, 0) is 5.41 Å². The third kappa shape index (κ3) is 1.44. The highest BCUT2D eigenvalue weighted by Gasteiger charge is 2.56. The summed E-state index contributed by atoms with van der Waals surface area (Å²) in [6, 6.07) is 1.76. The van der Waals surface area contributed by atoms with Crippen molar-refractivity contribution in [1.29, 1.82) is 0 Å². The van der Waals surface area contributed by atoms with Gasteiger partial charge in [-0.2, -0.15) is 0 Å². The first kappa shape index (κ1) is 11.5. The topological polar surface area (TPSA) is 26.0 Å². The number of hydrogen-bond acceptors (Lipinski definition) is 1. The molecule has 0 bridgehead atoms. The minimum atomic E-state index is -1.10. The van der Waals surface area contributed by atoms with E-state index in [2.05, 4.69) is 0 Å². The van der Waals surface area contributed by atoms with Crippen molar-refractivity contribution in [1.82, 2.24) is 0 Å². The molecule has 0 aromatic heterocycles. The van der Waals surface area contributed by atoms with E-state index in [1.165, 1.54) is 0 Å². The van der Waals surface area contributed by atoms with Crippen LogP contribution in [0.3, 0.4) is 0 Å². The van der Waals surface area contributed by atoms with E-state index in [4.69, 9.17) is 5.73 Å². The predicted octanol–water partition coefficient (Wildman–Crippen LogP) is 2.87. The molecule has 1 fully saturated rings. The molecule has 2 rings (SSSR count). The zero-order valence-electron chi connectivity index (χ0n) is 9.28. The van der Waals surface area contributed by atoms with Gasteiger partial charge in [-0.1, -0.05) is 0 Å². The molecule has 1 aromatic rings. The highest BCUT2D eigenvalue weighted by atomic mass is 19.2. The lowest BCUT2D eigenvalue weighted by atomic mass is 9.78. The van der Waals surface area contributed by atoms with Gasteiger partial charge in [0.05, 0.1) is 0 Å². The van der Waals surface area contributed by atoms with Crippen LogP contribution in [0.25, 0.3) is 0 Å². The van der Waals surface area contributed by atoms with E-state index in [1.807, 2.05) is 0 Å². The molecule has 0 radical (unpaired) electrons. The maximum Gasteiger partial charge on any atom is 0.165 e. The summed E-state index contributed by atoms with van der Waals surface area (Å²) < 4.78 is 40.4. The Morgan fingerprint density at radius 2 is 1.62 bits per heavy atom. The molecule has 2 N–H and O–H groups in total. The number of nitrogens with two attached hydrogens (primary N) is 1. The Morgan fingerprint density at radius 1 is 1.12 bits per heavy atom. The van der Waals surface area contributed by atoms with E-state index < -0.39 is 28.4 Å². The predicted molar refractivity (Wildman–Crippen MR) is 55.5 cm³/mol. The number of benzene rings is 1. The Balaban J connectivity index is 2.62. The number of halogens is 3. The zero-order chi connectivity index (χ0) is 12.1. The fourth-order valence-corrected chi connectivity index (χ4v) is 2.31. The van der Waals surface area contributed by atoms with Crippen LogP contribution in [-0.4, -0.2) is 5.54 Å². The minimum absolute atomic E-state index is 0.194. The highest BCUT2D eigenvalue weighted by molar-refractivity contribution is 5.38. The van der Waals surface area contributed by atoms with Crippen molar-refractivity contribution in [3.05, 3.63) is 35.1 Å². The smallest absolute Gasteiger partial charge is 0.165 e. The monoisotopic (exact) mass is 229 g/mol. The van der Waals surface area contributed by atoms with E-state index in [0.717, 1.165) is 12.1 Å². The SMILES string of the molecule is CC(C)(N)C1(c2c(F)ccc(F)c2F)CC1. The van der Waals surface area contributed by atoms with Crippen molar-refractivity contribution in [3.63, 3.8) is 0 Å². The van der Waals surface area contributed by atoms with Crippen molar-refractivity contribution in [2.24, 2.45) is 5.73 Å². The van der Waals surface area contributed by atoms with Gasteiger partial charge in [0.25, 0.3) is 0 Å². The maximum absolute atomic E-state index is 13.7. The molecule has 0 unspecified atom stereocenters. The fraction of sp³-hybridized carbons (Fsp3) is 0.500. The van der Waals surface area contributed by atoms with Crippen LogP contribution in [0, 0.1) is 17.5 Å². The zero-order valence-corrected chi connectivity index (χ0v) is 9.28. The third-order valence-electron chi connectivity index (χ3n) is 3.51. The van der Waals surface area contributed by atoms with Gasteiger partial charge in [-0.05, 0) is 38.8 Å². The molecule has 0 aliphatic heterocycles. The van der Waals surface area contributed by atoms with Gasteiger partial charge in [-0.25, -0.2) is 13.2 Å². The first-order valence-electron chi connectivity index (χ1n) is 5.22. The Hall–Kier alpha value is -1.03. The summed E-state index contributed by atoms with van der Waals surface area (Å²) in [5, 5.41) is 0. The Morgan fingerprint density at radius 3 is 2.06 bits per heavy atom. The number of rotatable bonds is 2. The lowest BCUT2D eigenvalue weighted by Crippen LogP contribution is -2.46.